The molecule has 0 unspecified atom stereocenters. The lowest BCUT2D eigenvalue weighted by atomic mass is 10.2. The third kappa shape index (κ3) is 3.97. The molecule has 2 N–H and O–H groups in total. The molecule has 0 radical (unpaired) electrons. The lowest BCUT2D eigenvalue weighted by Gasteiger charge is -2.23. The molecule has 0 heterocycles. The number of sulfonamides is 1. The second-order valence-electron chi connectivity index (χ2n) is 4.87. The number of hydrogen-bond acceptors (Lipinski definition) is 3. The average molecular weight is 387 g/mol. The predicted molar refractivity (Wildman–Crippen MR) is 75.0 cm³/mol. The van der Waals surface area contributed by atoms with Crippen LogP contribution in [0, 0.1) is 0 Å². The van der Waals surface area contributed by atoms with Crippen molar-refractivity contribution in [3.05, 3.63) is 28.2 Å². The second-order valence-corrected chi connectivity index (χ2v) is 7.58. The van der Waals surface area contributed by atoms with Crippen LogP contribution in [-0.4, -0.2) is 31.5 Å². The van der Waals surface area contributed by atoms with E-state index in [1.165, 1.54) is 18.2 Å². The van der Waals surface area contributed by atoms with Gasteiger partial charge in [0.15, 0.2) is 0 Å². The fourth-order valence-electron chi connectivity index (χ4n) is 1.96. The standard InChI is InChI=1S/C12H14BrF3N2O2S/c13-10-5-8(6-17)1-4-11(10)21(19,20)18(9-2-3-9)7-12(14,15)16/h1,4-5,9H,2-3,6-7,17H2. The molecule has 9 heteroatoms. The highest BCUT2D eigenvalue weighted by Crippen LogP contribution is 2.36. The van der Waals surface area contributed by atoms with Crippen molar-refractivity contribution in [3.63, 3.8) is 0 Å². The van der Waals surface area contributed by atoms with Crippen LogP contribution in [-0.2, 0) is 16.6 Å². The Morgan fingerprint density at radius 3 is 2.38 bits per heavy atom. The summed E-state index contributed by atoms with van der Waals surface area (Å²) >= 11 is 3.10. The molecule has 1 fully saturated rings. The number of nitrogens with two attached hydrogens (primary N) is 1. The number of alkyl halides is 3. The lowest BCUT2D eigenvalue weighted by molar-refractivity contribution is -0.137. The van der Waals surface area contributed by atoms with Gasteiger partial charge in [-0.15, -0.1) is 0 Å². The van der Waals surface area contributed by atoms with E-state index in [1.807, 2.05) is 0 Å². The molecule has 1 aromatic rings. The number of benzene rings is 1. The van der Waals surface area contributed by atoms with Gasteiger partial charge in [0.25, 0.3) is 0 Å². The highest BCUT2D eigenvalue weighted by atomic mass is 79.9. The largest absolute Gasteiger partial charge is 0.402 e. The Labute approximate surface area is 129 Å². The number of rotatable bonds is 5. The third-order valence-electron chi connectivity index (χ3n) is 3.11. The van der Waals surface area contributed by atoms with Crippen molar-refractivity contribution in [3.8, 4) is 0 Å². The van der Waals surface area contributed by atoms with Crippen molar-refractivity contribution < 1.29 is 21.6 Å². The summed E-state index contributed by atoms with van der Waals surface area (Å²) < 4.78 is 63.6. The quantitative estimate of drug-likeness (QED) is 0.845. The Morgan fingerprint density at radius 2 is 1.95 bits per heavy atom. The highest BCUT2D eigenvalue weighted by molar-refractivity contribution is 9.10. The molecule has 0 spiro atoms. The van der Waals surface area contributed by atoms with Gasteiger partial charge in [-0.1, -0.05) is 6.07 Å². The SMILES string of the molecule is NCc1ccc(S(=O)(=O)N(CC(F)(F)F)C2CC2)c(Br)c1. The second kappa shape index (κ2) is 5.86. The summed E-state index contributed by atoms with van der Waals surface area (Å²) in [6.45, 7) is -1.25. The van der Waals surface area contributed by atoms with Gasteiger partial charge in [-0.25, -0.2) is 8.42 Å². The van der Waals surface area contributed by atoms with Gasteiger partial charge in [-0.3, -0.25) is 0 Å². The zero-order valence-electron chi connectivity index (χ0n) is 10.9. The summed E-state index contributed by atoms with van der Waals surface area (Å²) in [5.74, 6) is 0. The van der Waals surface area contributed by atoms with Crippen LogP contribution in [0.5, 0.6) is 0 Å². The monoisotopic (exact) mass is 386 g/mol. The van der Waals surface area contributed by atoms with E-state index in [0.717, 1.165) is 0 Å². The van der Waals surface area contributed by atoms with Gasteiger partial charge in [0.2, 0.25) is 10.0 Å². The van der Waals surface area contributed by atoms with E-state index in [-0.39, 0.29) is 15.9 Å². The molecular formula is C12H14BrF3N2O2S. The predicted octanol–water partition coefficient (Wildman–Crippen LogP) is 2.62. The van der Waals surface area contributed by atoms with Crippen LogP contribution in [0.15, 0.2) is 27.6 Å². The molecule has 1 saturated carbocycles. The van der Waals surface area contributed by atoms with Crippen LogP contribution in [0.3, 0.4) is 0 Å². The number of nitrogens with zero attached hydrogens (tertiary/aromatic N) is 1. The lowest BCUT2D eigenvalue weighted by Crippen LogP contribution is -2.40. The molecule has 4 nitrogen and oxygen atoms in total. The van der Waals surface area contributed by atoms with E-state index in [2.05, 4.69) is 15.9 Å². The maximum atomic E-state index is 12.6. The van der Waals surface area contributed by atoms with Gasteiger partial charge in [0, 0.05) is 17.1 Å². The minimum atomic E-state index is -4.57. The Kier molecular flexibility index (Phi) is 4.67. The first-order chi connectivity index (χ1) is 9.65. The minimum absolute atomic E-state index is 0.171. The zero-order valence-corrected chi connectivity index (χ0v) is 13.3. The van der Waals surface area contributed by atoms with Crippen molar-refractivity contribution in [2.45, 2.75) is 36.5 Å². The minimum Gasteiger partial charge on any atom is -0.326 e. The van der Waals surface area contributed by atoms with Crippen molar-refractivity contribution in [2.75, 3.05) is 6.54 Å². The molecule has 0 bridgehead atoms. The van der Waals surface area contributed by atoms with Gasteiger partial charge in [0.05, 0.1) is 4.90 Å². The Bertz CT molecular complexity index is 630. The third-order valence-corrected chi connectivity index (χ3v) is 5.98. The summed E-state index contributed by atoms with van der Waals surface area (Å²) in [7, 11) is -4.20. The molecular weight excluding hydrogens is 373 g/mol. The summed E-state index contributed by atoms with van der Waals surface area (Å²) in [6.07, 6.45) is -3.67. The van der Waals surface area contributed by atoms with Crippen molar-refractivity contribution >= 4 is 26.0 Å². The van der Waals surface area contributed by atoms with Crippen molar-refractivity contribution in [2.24, 2.45) is 5.73 Å². The van der Waals surface area contributed by atoms with Gasteiger partial charge in [-0.05, 0) is 46.5 Å². The zero-order chi connectivity index (χ0) is 15.8. The van der Waals surface area contributed by atoms with E-state index in [0.29, 0.717) is 22.7 Å². The van der Waals surface area contributed by atoms with Gasteiger partial charge in [0.1, 0.15) is 6.54 Å². The van der Waals surface area contributed by atoms with Gasteiger partial charge < -0.3 is 5.73 Å². The Morgan fingerprint density at radius 1 is 1.33 bits per heavy atom. The van der Waals surface area contributed by atoms with E-state index in [9.17, 15) is 21.6 Å². The van der Waals surface area contributed by atoms with Gasteiger partial charge >= 0.3 is 6.18 Å². The highest BCUT2D eigenvalue weighted by Gasteiger charge is 2.45. The number of hydrogen-bond donors (Lipinski definition) is 1. The first kappa shape index (κ1) is 16.7. The molecule has 0 amide bonds. The molecule has 118 valence electrons. The maximum Gasteiger partial charge on any atom is 0.402 e. The Hall–Kier alpha value is -0.640. The Balaban J connectivity index is 2.39. The smallest absolute Gasteiger partial charge is 0.326 e. The summed E-state index contributed by atoms with van der Waals surface area (Å²) in [6, 6.07) is 3.72. The fraction of sp³-hybridized carbons (Fsp3) is 0.500. The average Bonchev–Trinajstić information content (AvgIpc) is 3.18. The molecule has 0 saturated heterocycles. The first-order valence-electron chi connectivity index (χ1n) is 6.22. The van der Waals surface area contributed by atoms with Crippen molar-refractivity contribution in [1.82, 2.24) is 4.31 Å². The summed E-state index contributed by atoms with van der Waals surface area (Å²) in [5.41, 5.74) is 6.14. The fourth-order valence-corrected chi connectivity index (χ4v) is 4.71. The van der Waals surface area contributed by atoms with Crippen LogP contribution < -0.4 is 5.73 Å². The summed E-state index contributed by atoms with van der Waals surface area (Å²) in [5, 5.41) is 0. The van der Waals surface area contributed by atoms with Crippen LogP contribution in [0.4, 0.5) is 13.2 Å². The molecule has 1 aromatic carbocycles. The summed E-state index contributed by atoms with van der Waals surface area (Å²) in [4.78, 5) is -0.171. The van der Waals surface area contributed by atoms with Gasteiger partial charge in [-0.2, -0.15) is 17.5 Å². The molecule has 1 aliphatic rings. The normalized spacial score (nSPS) is 16.5. The molecule has 21 heavy (non-hydrogen) atoms. The van der Waals surface area contributed by atoms with E-state index in [4.69, 9.17) is 5.73 Å². The molecule has 2 rings (SSSR count). The maximum absolute atomic E-state index is 12.6. The molecule has 0 atom stereocenters. The molecule has 0 aromatic heterocycles. The van der Waals surface area contributed by atoms with Crippen molar-refractivity contribution in [1.29, 1.82) is 0 Å². The number of halogens is 4. The van der Waals surface area contributed by atoms with Crippen LogP contribution in [0.1, 0.15) is 18.4 Å². The first-order valence-corrected chi connectivity index (χ1v) is 8.45. The van der Waals surface area contributed by atoms with Crippen LogP contribution in [0.25, 0.3) is 0 Å². The molecule has 0 aliphatic heterocycles. The molecule has 1 aliphatic carbocycles. The van der Waals surface area contributed by atoms with E-state index in [1.54, 1.807) is 0 Å². The van der Waals surface area contributed by atoms with E-state index < -0.39 is 28.8 Å². The topological polar surface area (TPSA) is 63.4 Å². The van der Waals surface area contributed by atoms with Crippen LogP contribution in [0.2, 0.25) is 0 Å². The van der Waals surface area contributed by atoms with Crippen LogP contribution >= 0.6 is 15.9 Å². The van der Waals surface area contributed by atoms with E-state index >= 15 is 0 Å².